The average Bonchev–Trinajstić information content (AvgIpc) is 3.11. The Kier molecular flexibility index (Phi) is 6.29. The van der Waals surface area contributed by atoms with E-state index < -0.39 is 0 Å². The number of hydrogen-bond donors (Lipinski definition) is 2. The van der Waals surface area contributed by atoms with Crippen LogP contribution in [-0.2, 0) is 12.8 Å². The predicted octanol–water partition coefficient (Wildman–Crippen LogP) is 4.27. The van der Waals surface area contributed by atoms with Crippen molar-refractivity contribution in [3.8, 4) is 11.4 Å². The predicted molar refractivity (Wildman–Crippen MR) is 109 cm³/mol. The van der Waals surface area contributed by atoms with Crippen LogP contribution in [0.25, 0.3) is 5.69 Å². The van der Waals surface area contributed by atoms with Crippen LogP contribution in [0.5, 0.6) is 5.75 Å². The zero-order valence-corrected chi connectivity index (χ0v) is 16.7. The summed E-state index contributed by atoms with van der Waals surface area (Å²) in [5.41, 5.74) is 3.58. The highest BCUT2D eigenvalue weighted by atomic mass is 79.9. The molecule has 140 valence electrons. The van der Waals surface area contributed by atoms with Crippen molar-refractivity contribution in [1.82, 2.24) is 15.1 Å². The van der Waals surface area contributed by atoms with E-state index >= 15 is 0 Å². The van der Waals surface area contributed by atoms with Crippen molar-refractivity contribution in [2.45, 2.75) is 26.2 Å². The number of phenolic OH excluding ortho intramolecular Hbond substituents is 1. The molecular formula is C21H22BrN3O2. The summed E-state index contributed by atoms with van der Waals surface area (Å²) in [5.74, 6) is 0.169. The minimum Gasteiger partial charge on any atom is -0.508 e. The van der Waals surface area contributed by atoms with Crippen molar-refractivity contribution in [1.29, 1.82) is 0 Å². The second-order valence-electron chi connectivity index (χ2n) is 6.27. The van der Waals surface area contributed by atoms with Crippen LogP contribution in [0.3, 0.4) is 0 Å². The van der Waals surface area contributed by atoms with E-state index in [1.54, 1.807) is 18.3 Å². The fourth-order valence-electron chi connectivity index (χ4n) is 2.96. The Labute approximate surface area is 167 Å². The third kappa shape index (κ3) is 4.77. The Balaban J connectivity index is 1.61. The lowest BCUT2D eigenvalue weighted by molar-refractivity contribution is 0.0952. The van der Waals surface area contributed by atoms with E-state index in [2.05, 4.69) is 26.3 Å². The number of rotatable bonds is 7. The maximum atomic E-state index is 12.6. The Hall–Kier alpha value is -2.60. The number of halogens is 1. The van der Waals surface area contributed by atoms with Crippen LogP contribution in [-0.4, -0.2) is 27.3 Å². The van der Waals surface area contributed by atoms with Crippen molar-refractivity contribution in [3.63, 3.8) is 0 Å². The Bertz CT molecular complexity index is 902. The smallest absolute Gasteiger partial charge is 0.254 e. The summed E-state index contributed by atoms with van der Waals surface area (Å²) in [6.45, 7) is 2.61. The van der Waals surface area contributed by atoms with Crippen molar-refractivity contribution in [2.24, 2.45) is 0 Å². The van der Waals surface area contributed by atoms with E-state index in [1.165, 1.54) is 0 Å². The molecular weight excluding hydrogens is 406 g/mol. The highest BCUT2D eigenvalue weighted by Crippen LogP contribution is 2.18. The summed E-state index contributed by atoms with van der Waals surface area (Å²) in [6, 6.07) is 15.0. The molecule has 3 aromatic rings. The molecule has 0 radical (unpaired) electrons. The van der Waals surface area contributed by atoms with Gasteiger partial charge in [0.1, 0.15) is 5.75 Å². The van der Waals surface area contributed by atoms with E-state index in [-0.39, 0.29) is 11.7 Å². The topological polar surface area (TPSA) is 67.2 Å². The van der Waals surface area contributed by atoms with Crippen molar-refractivity contribution < 1.29 is 9.90 Å². The zero-order chi connectivity index (χ0) is 19.2. The van der Waals surface area contributed by atoms with Gasteiger partial charge >= 0.3 is 0 Å². The number of aryl methyl sites for hydroxylation is 1. The van der Waals surface area contributed by atoms with E-state index in [0.717, 1.165) is 34.3 Å². The molecule has 0 aliphatic rings. The SMILES string of the molecule is CCc1c(C(=O)NCCCc2ccc(O)cc2)cnn1-c1ccc(Br)cc1. The number of aromatic hydroxyl groups is 1. The molecule has 0 spiro atoms. The van der Waals surface area contributed by atoms with Gasteiger partial charge in [-0.1, -0.05) is 35.0 Å². The summed E-state index contributed by atoms with van der Waals surface area (Å²) in [5, 5.41) is 16.7. The molecule has 5 nitrogen and oxygen atoms in total. The van der Waals surface area contributed by atoms with Gasteiger partial charge in [0.2, 0.25) is 0 Å². The Morgan fingerprint density at radius 2 is 1.85 bits per heavy atom. The molecule has 6 heteroatoms. The first-order chi connectivity index (χ1) is 13.1. The lowest BCUT2D eigenvalue weighted by atomic mass is 10.1. The van der Waals surface area contributed by atoms with Crippen molar-refractivity contribution in [3.05, 3.63) is 76.0 Å². The number of amides is 1. The van der Waals surface area contributed by atoms with Gasteiger partial charge in [-0.2, -0.15) is 5.10 Å². The van der Waals surface area contributed by atoms with Crippen LogP contribution in [0.2, 0.25) is 0 Å². The molecule has 27 heavy (non-hydrogen) atoms. The highest BCUT2D eigenvalue weighted by molar-refractivity contribution is 9.10. The molecule has 2 aromatic carbocycles. The first-order valence-corrected chi connectivity index (χ1v) is 9.76. The minimum atomic E-state index is -0.0964. The zero-order valence-electron chi connectivity index (χ0n) is 15.2. The summed E-state index contributed by atoms with van der Waals surface area (Å²) in [6.07, 6.45) is 4.03. The second-order valence-corrected chi connectivity index (χ2v) is 7.19. The van der Waals surface area contributed by atoms with Gasteiger partial charge in [0.05, 0.1) is 23.1 Å². The van der Waals surface area contributed by atoms with E-state index in [4.69, 9.17) is 0 Å². The maximum Gasteiger partial charge on any atom is 0.254 e. The molecule has 0 unspecified atom stereocenters. The lowest BCUT2D eigenvalue weighted by Crippen LogP contribution is -2.25. The van der Waals surface area contributed by atoms with Crippen LogP contribution in [0.1, 0.15) is 35.0 Å². The summed E-state index contributed by atoms with van der Waals surface area (Å²) in [4.78, 5) is 12.6. The van der Waals surface area contributed by atoms with Crippen molar-refractivity contribution in [2.75, 3.05) is 6.54 Å². The van der Waals surface area contributed by atoms with Gasteiger partial charge in [-0.25, -0.2) is 4.68 Å². The molecule has 1 heterocycles. The molecule has 0 aliphatic carbocycles. The molecule has 2 N–H and O–H groups in total. The number of hydrogen-bond acceptors (Lipinski definition) is 3. The van der Waals surface area contributed by atoms with Crippen LogP contribution in [0, 0.1) is 0 Å². The molecule has 0 fully saturated rings. The molecule has 0 saturated heterocycles. The standard InChI is InChI=1S/C21H22BrN3O2/c1-2-20-19(14-24-25(20)17-9-7-16(22)8-10-17)21(27)23-13-3-4-15-5-11-18(26)12-6-15/h5-12,14,26H,2-4,13H2,1H3,(H,23,27). The molecule has 1 aromatic heterocycles. The fraction of sp³-hybridized carbons (Fsp3) is 0.238. The first-order valence-electron chi connectivity index (χ1n) is 8.97. The van der Waals surface area contributed by atoms with Gasteiger partial charge < -0.3 is 10.4 Å². The van der Waals surface area contributed by atoms with Gasteiger partial charge in [-0.15, -0.1) is 0 Å². The van der Waals surface area contributed by atoms with Gasteiger partial charge in [-0.3, -0.25) is 4.79 Å². The quantitative estimate of drug-likeness (QED) is 0.553. The van der Waals surface area contributed by atoms with E-state index in [0.29, 0.717) is 18.5 Å². The third-order valence-corrected chi connectivity index (χ3v) is 4.91. The molecule has 1 amide bonds. The van der Waals surface area contributed by atoms with Crippen LogP contribution in [0.15, 0.2) is 59.2 Å². The average molecular weight is 428 g/mol. The normalized spacial score (nSPS) is 10.7. The van der Waals surface area contributed by atoms with E-state index in [1.807, 2.05) is 48.0 Å². The van der Waals surface area contributed by atoms with Gasteiger partial charge in [0, 0.05) is 11.0 Å². The lowest BCUT2D eigenvalue weighted by Gasteiger charge is -2.09. The molecule has 0 bridgehead atoms. The number of carbonyl (C=O) groups is 1. The monoisotopic (exact) mass is 427 g/mol. The van der Waals surface area contributed by atoms with Crippen molar-refractivity contribution >= 4 is 21.8 Å². The first kappa shape index (κ1) is 19.2. The third-order valence-electron chi connectivity index (χ3n) is 4.38. The molecule has 0 atom stereocenters. The Morgan fingerprint density at radius 3 is 2.52 bits per heavy atom. The highest BCUT2D eigenvalue weighted by Gasteiger charge is 2.16. The van der Waals surface area contributed by atoms with E-state index in [9.17, 15) is 9.90 Å². The molecule has 0 aliphatic heterocycles. The number of nitrogens with one attached hydrogen (secondary N) is 1. The maximum absolute atomic E-state index is 12.6. The van der Waals surface area contributed by atoms with Crippen LogP contribution in [0.4, 0.5) is 0 Å². The number of phenols is 1. The number of nitrogens with zero attached hydrogens (tertiary/aromatic N) is 2. The van der Waals surface area contributed by atoms with Gasteiger partial charge in [-0.05, 0) is 61.2 Å². The van der Waals surface area contributed by atoms with Crippen LogP contribution >= 0.6 is 15.9 Å². The fourth-order valence-corrected chi connectivity index (χ4v) is 3.23. The molecule has 3 rings (SSSR count). The largest absolute Gasteiger partial charge is 0.508 e. The minimum absolute atomic E-state index is 0.0964. The second kappa shape index (κ2) is 8.86. The van der Waals surface area contributed by atoms with Gasteiger partial charge in [0.15, 0.2) is 0 Å². The summed E-state index contributed by atoms with van der Waals surface area (Å²) in [7, 11) is 0. The number of aromatic nitrogens is 2. The van der Waals surface area contributed by atoms with Crippen LogP contribution < -0.4 is 5.32 Å². The number of benzene rings is 2. The summed E-state index contributed by atoms with van der Waals surface area (Å²) < 4.78 is 2.82. The van der Waals surface area contributed by atoms with Gasteiger partial charge in [0.25, 0.3) is 5.91 Å². The molecule has 0 saturated carbocycles. The number of carbonyl (C=O) groups excluding carboxylic acids is 1. The summed E-state index contributed by atoms with van der Waals surface area (Å²) >= 11 is 3.43. The Morgan fingerprint density at radius 1 is 1.15 bits per heavy atom.